The number of hydrogen-bond donors (Lipinski definition) is 12. The molecule has 0 radical (unpaired) electrons. The minimum Gasteiger partial charge on any atom is -0.394 e. The second-order valence-electron chi connectivity index (χ2n) is 26.7. The third-order valence-corrected chi connectivity index (χ3v) is 18.4. The first-order chi connectivity index (χ1) is 46.8. The van der Waals surface area contributed by atoms with Crippen molar-refractivity contribution < 1.29 is 89.4 Å². The second kappa shape index (κ2) is 57.6. The quantitative estimate of drug-likeness (QED) is 0.0199. The molecule has 19 heteroatoms. The Morgan fingerprint density at radius 3 is 1.12 bits per heavy atom. The lowest BCUT2D eigenvalue weighted by Crippen LogP contribution is -2.66. The van der Waals surface area contributed by atoms with Crippen molar-refractivity contribution in [2.45, 2.75) is 369 Å². The summed E-state index contributed by atoms with van der Waals surface area (Å²) in [6.07, 6.45) is 48.6. The van der Waals surface area contributed by atoms with Gasteiger partial charge in [-0.15, -0.1) is 0 Å². The zero-order valence-electron chi connectivity index (χ0n) is 59.1. The number of rotatable bonds is 58. The minimum absolute atomic E-state index is 0.242. The Morgan fingerprint density at radius 2 is 0.719 bits per heavy atom. The Kier molecular flexibility index (Phi) is 52.3. The van der Waals surface area contributed by atoms with Gasteiger partial charge in [-0.25, -0.2) is 0 Å². The van der Waals surface area contributed by atoms with Crippen molar-refractivity contribution >= 4 is 5.91 Å². The zero-order chi connectivity index (χ0) is 69.6. The molecule has 556 valence electrons. The van der Waals surface area contributed by atoms with E-state index in [-0.39, 0.29) is 18.9 Å². The maximum absolute atomic E-state index is 13.4. The van der Waals surface area contributed by atoms with Gasteiger partial charge in [-0.3, -0.25) is 4.79 Å². The molecule has 17 atom stereocenters. The first kappa shape index (κ1) is 87.2. The van der Waals surface area contributed by atoms with Crippen LogP contribution in [0, 0.1) is 0 Å². The summed E-state index contributed by atoms with van der Waals surface area (Å²) >= 11 is 0. The summed E-state index contributed by atoms with van der Waals surface area (Å²) in [5.41, 5.74) is 0. The molecular formula is C77H135NO18. The molecule has 0 aromatic rings. The Bertz CT molecular complexity index is 2070. The summed E-state index contributed by atoms with van der Waals surface area (Å²) < 4.78 is 34.4. The van der Waals surface area contributed by atoms with E-state index >= 15 is 0 Å². The fourth-order valence-corrected chi connectivity index (χ4v) is 12.4. The average molecular weight is 1360 g/mol. The highest BCUT2D eigenvalue weighted by molar-refractivity contribution is 5.76. The van der Waals surface area contributed by atoms with E-state index in [1.807, 2.05) is 6.08 Å². The molecule has 3 aliphatic heterocycles. The van der Waals surface area contributed by atoms with Crippen molar-refractivity contribution in [3.8, 4) is 0 Å². The highest BCUT2D eigenvalue weighted by Crippen LogP contribution is 2.33. The van der Waals surface area contributed by atoms with Crippen LogP contribution >= 0.6 is 0 Å². The van der Waals surface area contributed by atoms with E-state index in [2.05, 4.69) is 92.1 Å². The number of ether oxygens (including phenoxy) is 6. The topological polar surface area (TPSA) is 307 Å². The van der Waals surface area contributed by atoms with E-state index in [4.69, 9.17) is 28.4 Å². The van der Waals surface area contributed by atoms with Crippen LogP contribution in [0.3, 0.4) is 0 Å². The van der Waals surface area contributed by atoms with Crippen molar-refractivity contribution in [3.05, 3.63) is 85.1 Å². The van der Waals surface area contributed by atoms with Crippen LogP contribution in [0.25, 0.3) is 0 Å². The Balaban J connectivity index is 1.32. The number of nitrogens with one attached hydrogen (secondary N) is 1. The first-order valence-electron chi connectivity index (χ1n) is 37.8. The molecular weight excluding hydrogens is 1230 g/mol. The van der Waals surface area contributed by atoms with E-state index in [1.54, 1.807) is 6.08 Å². The van der Waals surface area contributed by atoms with Gasteiger partial charge in [0.2, 0.25) is 5.91 Å². The van der Waals surface area contributed by atoms with E-state index in [0.717, 1.165) is 83.5 Å². The summed E-state index contributed by atoms with van der Waals surface area (Å²) in [6, 6.07) is -0.975. The maximum Gasteiger partial charge on any atom is 0.220 e. The fraction of sp³-hybridized carbons (Fsp3) is 0.805. The molecule has 0 bridgehead atoms. The lowest BCUT2D eigenvalue weighted by atomic mass is 9.96. The number of allylic oxidation sites excluding steroid dienone is 13. The van der Waals surface area contributed by atoms with Crippen molar-refractivity contribution in [2.24, 2.45) is 0 Å². The van der Waals surface area contributed by atoms with Crippen LogP contribution in [-0.4, -0.2) is 193 Å². The van der Waals surface area contributed by atoms with Gasteiger partial charge in [0.25, 0.3) is 0 Å². The Morgan fingerprint density at radius 1 is 0.385 bits per heavy atom. The molecule has 0 aliphatic carbocycles. The number of amides is 1. The van der Waals surface area contributed by atoms with E-state index in [0.29, 0.717) is 6.42 Å². The van der Waals surface area contributed by atoms with Gasteiger partial charge in [0, 0.05) is 6.42 Å². The molecule has 0 aromatic carbocycles. The largest absolute Gasteiger partial charge is 0.394 e. The predicted octanol–water partition coefficient (Wildman–Crippen LogP) is 11.4. The monoisotopic (exact) mass is 1360 g/mol. The molecule has 1 amide bonds. The van der Waals surface area contributed by atoms with Crippen molar-refractivity contribution in [1.29, 1.82) is 0 Å². The molecule has 96 heavy (non-hydrogen) atoms. The van der Waals surface area contributed by atoms with Crippen LogP contribution in [0.15, 0.2) is 85.1 Å². The molecule has 19 nitrogen and oxygen atoms in total. The summed E-state index contributed by atoms with van der Waals surface area (Å²) in [5, 5.41) is 121. The Labute approximate surface area is 578 Å². The van der Waals surface area contributed by atoms with Gasteiger partial charge in [0.15, 0.2) is 18.9 Å². The van der Waals surface area contributed by atoms with Gasteiger partial charge in [0.1, 0.15) is 73.2 Å². The smallest absolute Gasteiger partial charge is 0.220 e. The molecule has 0 spiro atoms. The molecule has 3 heterocycles. The third-order valence-electron chi connectivity index (χ3n) is 18.4. The highest BCUT2D eigenvalue weighted by Gasteiger charge is 2.53. The number of carbonyl (C=O) groups excluding carboxylic acids is 1. The van der Waals surface area contributed by atoms with Crippen LogP contribution in [0.2, 0.25) is 0 Å². The van der Waals surface area contributed by atoms with Gasteiger partial charge in [-0.1, -0.05) is 272 Å². The number of aliphatic hydroxyl groups is 11. The Hall–Kier alpha value is -3.03. The van der Waals surface area contributed by atoms with Crippen LogP contribution in [0.5, 0.6) is 0 Å². The molecule has 17 unspecified atom stereocenters. The van der Waals surface area contributed by atoms with Crippen LogP contribution < -0.4 is 5.32 Å². The number of aliphatic hydroxyl groups excluding tert-OH is 11. The first-order valence-corrected chi connectivity index (χ1v) is 37.8. The molecule has 12 N–H and O–H groups in total. The maximum atomic E-state index is 13.4. The van der Waals surface area contributed by atoms with Gasteiger partial charge in [-0.2, -0.15) is 0 Å². The number of hydrogen-bond acceptors (Lipinski definition) is 18. The van der Waals surface area contributed by atoms with Gasteiger partial charge < -0.3 is 89.9 Å². The summed E-state index contributed by atoms with van der Waals surface area (Å²) in [6.45, 7) is 1.62. The number of unbranched alkanes of at least 4 members (excludes halogenated alkanes) is 30. The van der Waals surface area contributed by atoms with E-state index in [9.17, 15) is 61.0 Å². The van der Waals surface area contributed by atoms with Crippen molar-refractivity contribution in [3.63, 3.8) is 0 Å². The van der Waals surface area contributed by atoms with Crippen LogP contribution in [-0.2, 0) is 33.2 Å². The summed E-state index contributed by atoms with van der Waals surface area (Å²) in [5.74, 6) is -0.275. The van der Waals surface area contributed by atoms with Gasteiger partial charge >= 0.3 is 0 Å². The predicted molar refractivity (Wildman–Crippen MR) is 378 cm³/mol. The molecule has 0 saturated carbocycles. The second-order valence-corrected chi connectivity index (χ2v) is 26.7. The van der Waals surface area contributed by atoms with Crippen molar-refractivity contribution in [2.75, 3.05) is 26.4 Å². The minimum atomic E-state index is -1.98. The normalized spacial score (nSPS) is 27.5. The van der Waals surface area contributed by atoms with Crippen LogP contribution in [0.1, 0.15) is 264 Å². The third kappa shape index (κ3) is 38.1. The van der Waals surface area contributed by atoms with Crippen molar-refractivity contribution in [1.82, 2.24) is 5.32 Å². The standard InChI is InChI=1S/C77H135NO18/c1-3-5-7-9-11-13-15-17-19-20-21-22-23-24-25-26-27-28-29-30-31-32-33-34-35-36-37-38-39-40-41-43-45-47-49-51-53-55-65(83)78-60(61(82)54-52-50-48-46-44-42-18-16-14-12-10-8-6-4-2)59-91-75-71(89)68(86)73(63(57-80)93-75)96-77-72(90)69(87)74(64(58-81)94-77)95-76-70(88)67(85)66(84)62(56-79)92-76/h5,7,11,13,17,19,21-22,24-25,27-28,52,54,60-64,66-77,79-82,84-90H,3-4,6,8-10,12,14-16,18,20,23,26,29-51,53,55-59H2,1-2H3,(H,78,83)/b7-5-,13-11-,19-17-,22-21-,25-24-,28-27-,54-52+. The van der Waals surface area contributed by atoms with Gasteiger partial charge in [0.05, 0.1) is 38.6 Å². The summed E-state index contributed by atoms with van der Waals surface area (Å²) in [7, 11) is 0. The number of carbonyl (C=O) groups is 1. The lowest BCUT2D eigenvalue weighted by Gasteiger charge is -2.48. The van der Waals surface area contributed by atoms with Gasteiger partial charge in [-0.05, 0) is 70.6 Å². The van der Waals surface area contributed by atoms with Crippen LogP contribution in [0.4, 0.5) is 0 Å². The molecule has 3 saturated heterocycles. The SMILES string of the molecule is CC/C=C\C/C=C\C/C=C\C/C=C\C/C=C\C/C=C\CCCCCCCCCCCCCCCCCCCCC(=O)NC(COC1OC(CO)C(OC2OC(CO)C(OC3OC(CO)C(O)C(O)C3O)C(O)C2O)C(O)C1O)C(O)/C=C/CCCCCCCCCCCCCC. The molecule has 3 fully saturated rings. The molecule has 3 rings (SSSR count). The average Bonchev–Trinajstić information content (AvgIpc) is 0.787. The lowest BCUT2D eigenvalue weighted by molar-refractivity contribution is -0.379. The summed E-state index contributed by atoms with van der Waals surface area (Å²) in [4.78, 5) is 13.4. The molecule has 0 aromatic heterocycles. The molecule has 3 aliphatic rings. The van der Waals surface area contributed by atoms with E-state index in [1.165, 1.54) is 154 Å². The highest BCUT2D eigenvalue weighted by atomic mass is 16.8. The zero-order valence-corrected chi connectivity index (χ0v) is 59.1. The van der Waals surface area contributed by atoms with E-state index < -0.39 is 124 Å². The fourth-order valence-electron chi connectivity index (χ4n) is 12.4.